The van der Waals surface area contributed by atoms with Gasteiger partial charge >= 0.3 is 0 Å². The number of amides is 1. The molecule has 2 heterocycles. The molecule has 0 radical (unpaired) electrons. The van der Waals surface area contributed by atoms with Gasteiger partial charge in [0.2, 0.25) is 12.7 Å². The van der Waals surface area contributed by atoms with E-state index in [2.05, 4.69) is 22.4 Å². The van der Waals surface area contributed by atoms with Crippen molar-refractivity contribution in [2.75, 3.05) is 19.1 Å². The highest BCUT2D eigenvalue weighted by molar-refractivity contribution is 7.99. The van der Waals surface area contributed by atoms with Crippen molar-refractivity contribution in [3.63, 3.8) is 0 Å². The first kappa shape index (κ1) is 21.9. The topological polar surface area (TPSA) is 95.3 Å². The highest BCUT2D eigenvalue weighted by Gasteiger charge is 2.20. The van der Waals surface area contributed by atoms with Crippen LogP contribution >= 0.6 is 11.8 Å². The van der Waals surface area contributed by atoms with E-state index in [1.54, 1.807) is 0 Å². The van der Waals surface area contributed by atoms with Crippen LogP contribution in [-0.2, 0) is 17.6 Å². The maximum Gasteiger partial charge on any atom is 0.231 e. The minimum atomic E-state index is -0.103. The molecule has 0 spiro atoms. The maximum atomic E-state index is 12.7. The molecule has 32 heavy (non-hydrogen) atoms. The van der Waals surface area contributed by atoms with Gasteiger partial charge in [0.15, 0.2) is 22.4 Å². The fourth-order valence-electron chi connectivity index (χ4n) is 3.33. The summed E-state index contributed by atoms with van der Waals surface area (Å²) in [5.74, 6) is 2.17. The van der Waals surface area contributed by atoms with E-state index in [-0.39, 0.29) is 24.2 Å². The second-order valence-corrected chi connectivity index (χ2v) is 8.21. The van der Waals surface area contributed by atoms with E-state index >= 15 is 0 Å². The third-order valence-electron chi connectivity index (χ3n) is 5.05. The van der Waals surface area contributed by atoms with Crippen molar-refractivity contribution >= 4 is 23.5 Å². The number of aromatic nitrogens is 3. The summed E-state index contributed by atoms with van der Waals surface area (Å²) < 4.78 is 12.8. The van der Waals surface area contributed by atoms with Gasteiger partial charge in [-0.1, -0.05) is 43.0 Å². The van der Waals surface area contributed by atoms with Crippen LogP contribution in [0, 0.1) is 0 Å². The first-order valence-corrected chi connectivity index (χ1v) is 11.4. The molecule has 0 fully saturated rings. The van der Waals surface area contributed by atoms with Gasteiger partial charge in [0.25, 0.3) is 0 Å². The van der Waals surface area contributed by atoms with Crippen LogP contribution in [0.1, 0.15) is 35.6 Å². The van der Waals surface area contributed by atoms with Crippen molar-refractivity contribution in [3.05, 3.63) is 59.4 Å². The van der Waals surface area contributed by atoms with E-state index in [1.807, 2.05) is 47.0 Å². The summed E-state index contributed by atoms with van der Waals surface area (Å²) >= 11 is 1.33. The second kappa shape index (κ2) is 9.86. The van der Waals surface area contributed by atoms with Crippen LogP contribution in [0.3, 0.4) is 0 Å². The minimum Gasteiger partial charge on any atom is -0.454 e. The molecule has 4 rings (SSSR count). The first-order chi connectivity index (χ1) is 15.5. The van der Waals surface area contributed by atoms with Gasteiger partial charge in [0, 0.05) is 31.5 Å². The zero-order valence-corrected chi connectivity index (χ0v) is 18.8. The highest BCUT2D eigenvalue weighted by Crippen LogP contribution is 2.35. The van der Waals surface area contributed by atoms with E-state index in [1.165, 1.54) is 24.2 Å². The predicted molar refractivity (Wildman–Crippen MR) is 121 cm³/mol. The number of hydrogen-bond donors (Lipinski definition) is 1. The fourth-order valence-corrected chi connectivity index (χ4v) is 4.19. The molecule has 1 aliphatic heterocycles. The molecule has 0 saturated heterocycles. The number of fused-ring (bicyclic) bond motifs is 1. The van der Waals surface area contributed by atoms with Crippen LogP contribution in [-0.4, -0.2) is 45.5 Å². The van der Waals surface area contributed by atoms with Crippen molar-refractivity contribution in [3.8, 4) is 17.2 Å². The molecule has 0 unspecified atom stereocenters. The van der Waals surface area contributed by atoms with Crippen LogP contribution in [0.4, 0.5) is 0 Å². The van der Waals surface area contributed by atoms with Crippen LogP contribution in [0.2, 0.25) is 0 Å². The lowest BCUT2D eigenvalue weighted by atomic mass is 10.1. The van der Waals surface area contributed by atoms with E-state index in [9.17, 15) is 9.59 Å². The van der Waals surface area contributed by atoms with Gasteiger partial charge in [-0.2, -0.15) is 0 Å². The van der Waals surface area contributed by atoms with Crippen LogP contribution in [0.25, 0.3) is 5.69 Å². The summed E-state index contributed by atoms with van der Waals surface area (Å²) in [7, 11) is 0. The normalized spacial score (nSPS) is 12.1. The number of rotatable bonds is 9. The number of hydrogen-bond acceptors (Lipinski definition) is 7. The number of carbonyl (C=O) groups is 2. The first-order valence-electron chi connectivity index (χ1n) is 10.4. The summed E-state index contributed by atoms with van der Waals surface area (Å²) in [6.07, 6.45) is 1.43. The number of benzene rings is 2. The Morgan fingerprint density at radius 3 is 2.62 bits per heavy atom. The monoisotopic (exact) mass is 452 g/mol. The number of Topliss-reactive ketones (excluding diaryl/α,β-unsaturated/α-hetero) is 1. The maximum absolute atomic E-state index is 12.7. The van der Waals surface area contributed by atoms with Crippen molar-refractivity contribution in [2.24, 2.45) is 0 Å². The third-order valence-corrected chi connectivity index (χ3v) is 5.98. The number of nitrogens with one attached hydrogen (secondary N) is 1. The molecule has 1 N–H and O–H groups in total. The number of nitrogens with zero attached hydrogens (tertiary/aromatic N) is 3. The molecular formula is C23H24N4O4S. The quantitative estimate of drug-likeness (QED) is 0.393. The van der Waals surface area contributed by atoms with Gasteiger partial charge in [0.05, 0.1) is 11.4 Å². The molecule has 0 saturated carbocycles. The number of aryl methyl sites for hydroxylation is 1. The van der Waals surface area contributed by atoms with E-state index in [0.717, 1.165) is 12.1 Å². The molecule has 1 aliphatic rings. The highest BCUT2D eigenvalue weighted by atomic mass is 32.2. The summed E-state index contributed by atoms with van der Waals surface area (Å²) in [6.45, 7) is 4.18. The Bertz CT molecular complexity index is 1130. The molecule has 9 heteroatoms. The standard InChI is InChI=1S/C23H24N4O4S/c1-3-16-4-6-17(7-5-16)19(29)13-32-23-26-25-22(10-11-24-15(2)28)27(23)18-8-9-20-21(12-18)31-14-30-20/h4-9,12H,3,10-11,13-14H2,1-2H3,(H,24,28). The van der Waals surface area contributed by atoms with Crippen LogP contribution in [0.15, 0.2) is 47.6 Å². The second-order valence-electron chi connectivity index (χ2n) is 7.27. The SMILES string of the molecule is CCc1ccc(C(=O)CSc2nnc(CCNC(C)=O)n2-c2ccc3c(c2)OCO3)cc1. The lowest BCUT2D eigenvalue weighted by molar-refractivity contribution is -0.118. The Hall–Kier alpha value is -3.33. The molecular weight excluding hydrogens is 428 g/mol. The number of carbonyl (C=O) groups excluding carboxylic acids is 2. The molecule has 0 aliphatic carbocycles. The lowest BCUT2D eigenvalue weighted by Crippen LogP contribution is -2.23. The molecule has 2 aromatic carbocycles. The molecule has 8 nitrogen and oxygen atoms in total. The van der Waals surface area contributed by atoms with Crippen LogP contribution in [0.5, 0.6) is 11.5 Å². The Balaban J connectivity index is 1.56. The molecule has 3 aromatic rings. The Labute approximate surface area is 190 Å². The predicted octanol–water partition coefficient (Wildman–Crippen LogP) is 3.21. The number of ether oxygens (including phenoxy) is 2. The van der Waals surface area contributed by atoms with Gasteiger partial charge in [0.1, 0.15) is 5.82 Å². The molecule has 166 valence electrons. The van der Waals surface area contributed by atoms with Crippen molar-refractivity contribution in [1.29, 1.82) is 0 Å². The average molecular weight is 453 g/mol. The fraction of sp³-hybridized carbons (Fsp3) is 0.304. The molecule has 0 atom stereocenters. The third kappa shape index (κ3) is 4.94. The van der Waals surface area contributed by atoms with Gasteiger partial charge in [-0.3, -0.25) is 14.2 Å². The summed E-state index contributed by atoms with van der Waals surface area (Å²) in [6, 6.07) is 13.3. The van der Waals surface area contributed by atoms with Crippen molar-refractivity contribution in [2.45, 2.75) is 31.8 Å². The van der Waals surface area contributed by atoms with Gasteiger partial charge in [-0.25, -0.2) is 0 Å². The van der Waals surface area contributed by atoms with E-state index in [4.69, 9.17) is 9.47 Å². The largest absolute Gasteiger partial charge is 0.454 e. The smallest absolute Gasteiger partial charge is 0.231 e. The van der Waals surface area contributed by atoms with Crippen LogP contribution < -0.4 is 14.8 Å². The molecule has 0 bridgehead atoms. The molecule has 1 aromatic heterocycles. The number of thioether (sulfide) groups is 1. The van der Waals surface area contributed by atoms with Crippen molar-refractivity contribution < 1.29 is 19.1 Å². The Morgan fingerprint density at radius 1 is 1.09 bits per heavy atom. The zero-order chi connectivity index (χ0) is 22.5. The van der Waals surface area contributed by atoms with Gasteiger partial charge in [-0.05, 0) is 24.1 Å². The summed E-state index contributed by atoms with van der Waals surface area (Å²) in [5, 5.41) is 12.0. The average Bonchev–Trinajstić information content (AvgIpc) is 3.43. The Kier molecular flexibility index (Phi) is 6.75. The Morgan fingerprint density at radius 2 is 1.88 bits per heavy atom. The minimum absolute atomic E-state index is 0.0256. The number of ketones is 1. The zero-order valence-electron chi connectivity index (χ0n) is 18.0. The van der Waals surface area contributed by atoms with E-state index < -0.39 is 0 Å². The van der Waals surface area contributed by atoms with Gasteiger partial charge < -0.3 is 14.8 Å². The van der Waals surface area contributed by atoms with E-state index in [0.29, 0.717) is 41.0 Å². The van der Waals surface area contributed by atoms with Crippen molar-refractivity contribution in [1.82, 2.24) is 20.1 Å². The summed E-state index contributed by atoms with van der Waals surface area (Å²) in [5.41, 5.74) is 2.68. The molecule has 1 amide bonds. The lowest BCUT2D eigenvalue weighted by Gasteiger charge is -2.11. The van der Waals surface area contributed by atoms with Gasteiger partial charge in [-0.15, -0.1) is 10.2 Å². The summed E-state index contributed by atoms with van der Waals surface area (Å²) in [4.78, 5) is 24.0.